The highest BCUT2D eigenvalue weighted by Crippen LogP contribution is 2.27. The zero-order valence-corrected chi connectivity index (χ0v) is 11.5. The Morgan fingerprint density at radius 1 is 1.37 bits per heavy atom. The molecule has 0 aliphatic rings. The van der Waals surface area contributed by atoms with Crippen LogP contribution < -0.4 is 11.5 Å². The minimum Gasteiger partial charge on any atom is -0.383 e. The van der Waals surface area contributed by atoms with Crippen molar-refractivity contribution >= 4 is 17.6 Å². The maximum absolute atomic E-state index is 13.5. The van der Waals surface area contributed by atoms with Crippen molar-refractivity contribution in [3.8, 4) is 0 Å². The Kier molecular flexibility index (Phi) is 4.39. The van der Waals surface area contributed by atoms with Crippen LogP contribution in [0, 0.1) is 12.7 Å². The number of thioether (sulfide) groups is 1. The fourth-order valence-electron chi connectivity index (χ4n) is 1.73. The van der Waals surface area contributed by atoms with E-state index in [1.807, 2.05) is 13.0 Å². The Labute approximate surface area is 116 Å². The molecule has 3 nitrogen and oxygen atoms in total. The van der Waals surface area contributed by atoms with Gasteiger partial charge in [-0.3, -0.25) is 0 Å². The van der Waals surface area contributed by atoms with Gasteiger partial charge in [-0.1, -0.05) is 12.1 Å². The second-order valence-corrected chi connectivity index (χ2v) is 5.40. The molecule has 0 bridgehead atoms. The second-order valence-electron chi connectivity index (χ2n) is 4.34. The highest BCUT2D eigenvalue weighted by atomic mass is 32.2. The summed E-state index contributed by atoms with van der Waals surface area (Å²) in [5, 5.41) is 0. The van der Waals surface area contributed by atoms with E-state index in [0.29, 0.717) is 16.5 Å². The summed E-state index contributed by atoms with van der Waals surface area (Å²) in [4.78, 5) is 4.68. The van der Waals surface area contributed by atoms with Gasteiger partial charge in [-0.05, 0) is 30.7 Å². The predicted molar refractivity (Wildman–Crippen MR) is 77.4 cm³/mol. The molecule has 0 fully saturated rings. The van der Waals surface area contributed by atoms with E-state index >= 15 is 0 Å². The molecule has 1 heterocycles. The summed E-state index contributed by atoms with van der Waals surface area (Å²) >= 11 is 1.38. The van der Waals surface area contributed by atoms with Crippen LogP contribution in [0.1, 0.15) is 17.2 Å². The molecule has 1 atom stereocenters. The monoisotopic (exact) mass is 277 g/mol. The number of halogens is 1. The number of benzene rings is 1. The van der Waals surface area contributed by atoms with Crippen molar-refractivity contribution < 1.29 is 4.39 Å². The third-order valence-corrected chi connectivity index (χ3v) is 3.91. The van der Waals surface area contributed by atoms with Crippen molar-refractivity contribution in [3.63, 3.8) is 0 Å². The molecule has 0 amide bonds. The molecule has 19 heavy (non-hydrogen) atoms. The first-order valence-corrected chi connectivity index (χ1v) is 6.91. The number of nitrogens with two attached hydrogens (primary N) is 2. The number of nitrogen functional groups attached to an aromatic ring is 1. The van der Waals surface area contributed by atoms with Crippen LogP contribution >= 0.6 is 11.8 Å². The molecule has 1 aromatic heterocycles. The summed E-state index contributed by atoms with van der Waals surface area (Å²) in [6.07, 6.45) is 1.70. The number of hydrogen-bond acceptors (Lipinski definition) is 4. The maximum atomic E-state index is 13.5. The fourth-order valence-corrected chi connectivity index (χ4v) is 2.65. The van der Waals surface area contributed by atoms with Crippen LogP contribution in [0.4, 0.5) is 10.2 Å². The van der Waals surface area contributed by atoms with Crippen molar-refractivity contribution in [2.45, 2.75) is 17.9 Å². The zero-order chi connectivity index (χ0) is 13.8. The standard InChI is InChI=1S/C14H16FN3S/c1-9-6-10(14(17)18-7-9)12(16)8-19-13-5-3-2-4-11(13)15/h2-7,12H,8,16H2,1H3,(H2,17,18). The van der Waals surface area contributed by atoms with Crippen LogP contribution in [-0.4, -0.2) is 10.7 Å². The molecule has 4 N–H and O–H groups in total. The van der Waals surface area contributed by atoms with Crippen molar-refractivity contribution in [2.75, 3.05) is 11.5 Å². The van der Waals surface area contributed by atoms with Crippen LogP contribution in [0.3, 0.4) is 0 Å². The van der Waals surface area contributed by atoms with E-state index in [0.717, 1.165) is 11.1 Å². The number of hydrogen-bond donors (Lipinski definition) is 2. The Bertz CT molecular complexity index is 574. The maximum Gasteiger partial charge on any atom is 0.136 e. The zero-order valence-electron chi connectivity index (χ0n) is 10.6. The van der Waals surface area contributed by atoms with Gasteiger partial charge in [-0.15, -0.1) is 11.8 Å². The minimum atomic E-state index is -0.267. The largest absolute Gasteiger partial charge is 0.383 e. The van der Waals surface area contributed by atoms with E-state index in [4.69, 9.17) is 11.5 Å². The molecule has 2 rings (SSSR count). The summed E-state index contributed by atoms with van der Waals surface area (Å²) in [6, 6.07) is 8.31. The molecule has 1 unspecified atom stereocenters. The van der Waals surface area contributed by atoms with Gasteiger partial charge in [-0.25, -0.2) is 9.37 Å². The Morgan fingerprint density at radius 3 is 2.84 bits per heavy atom. The molecule has 0 saturated carbocycles. The van der Waals surface area contributed by atoms with Gasteiger partial charge in [-0.2, -0.15) is 0 Å². The Balaban J connectivity index is 2.07. The van der Waals surface area contributed by atoms with Gasteiger partial charge in [0.15, 0.2) is 0 Å². The smallest absolute Gasteiger partial charge is 0.136 e. The first-order chi connectivity index (χ1) is 9.08. The third-order valence-electron chi connectivity index (χ3n) is 2.74. The first-order valence-electron chi connectivity index (χ1n) is 5.93. The number of aromatic nitrogens is 1. The summed E-state index contributed by atoms with van der Waals surface area (Å²) in [5.74, 6) is 0.762. The average molecular weight is 277 g/mol. The summed E-state index contributed by atoms with van der Waals surface area (Å²) in [5.41, 5.74) is 13.7. The van der Waals surface area contributed by atoms with E-state index < -0.39 is 0 Å². The fraction of sp³-hybridized carbons (Fsp3) is 0.214. The lowest BCUT2D eigenvalue weighted by Crippen LogP contribution is -2.16. The predicted octanol–water partition coefficient (Wildman–Crippen LogP) is 2.90. The van der Waals surface area contributed by atoms with Gasteiger partial charge >= 0.3 is 0 Å². The lowest BCUT2D eigenvalue weighted by Gasteiger charge is -2.14. The highest BCUT2D eigenvalue weighted by molar-refractivity contribution is 7.99. The third kappa shape index (κ3) is 3.45. The van der Waals surface area contributed by atoms with Gasteiger partial charge in [0.05, 0.1) is 0 Å². The minimum absolute atomic E-state index is 0.227. The Hall–Kier alpha value is -1.59. The van der Waals surface area contributed by atoms with E-state index in [9.17, 15) is 4.39 Å². The summed E-state index contributed by atoms with van der Waals surface area (Å²) in [6.45, 7) is 1.94. The van der Waals surface area contributed by atoms with E-state index in [1.165, 1.54) is 17.8 Å². The Morgan fingerprint density at radius 2 is 2.11 bits per heavy atom. The van der Waals surface area contributed by atoms with Crippen LogP contribution in [0.5, 0.6) is 0 Å². The van der Waals surface area contributed by atoms with Crippen molar-refractivity contribution in [3.05, 3.63) is 53.5 Å². The molecule has 0 spiro atoms. The molecule has 5 heteroatoms. The van der Waals surface area contributed by atoms with E-state index in [2.05, 4.69) is 4.98 Å². The van der Waals surface area contributed by atoms with Gasteiger partial charge in [0.1, 0.15) is 11.6 Å². The second kappa shape index (κ2) is 6.04. The number of pyridine rings is 1. The normalized spacial score (nSPS) is 12.4. The molecule has 1 aromatic carbocycles. The van der Waals surface area contributed by atoms with Gasteiger partial charge in [0.25, 0.3) is 0 Å². The summed E-state index contributed by atoms with van der Waals surface area (Å²) in [7, 11) is 0. The number of nitrogens with zero attached hydrogens (tertiary/aromatic N) is 1. The van der Waals surface area contributed by atoms with E-state index in [-0.39, 0.29) is 11.9 Å². The molecule has 0 saturated heterocycles. The highest BCUT2D eigenvalue weighted by Gasteiger charge is 2.12. The van der Waals surface area contributed by atoms with Gasteiger partial charge in [0.2, 0.25) is 0 Å². The number of rotatable bonds is 4. The quantitative estimate of drug-likeness (QED) is 0.843. The van der Waals surface area contributed by atoms with Crippen LogP contribution in [0.2, 0.25) is 0 Å². The average Bonchev–Trinajstić information content (AvgIpc) is 2.40. The van der Waals surface area contributed by atoms with Gasteiger partial charge in [0, 0.05) is 28.5 Å². The number of anilines is 1. The summed E-state index contributed by atoms with van der Waals surface area (Å²) < 4.78 is 13.5. The SMILES string of the molecule is Cc1cnc(N)c(C(N)CSc2ccccc2F)c1. The molecule has 2 aromatic rings. The van der Waals surface area contributed by atoms with Crippen LogP contribution in [0.15, 0.2) is 41.4 Å². The number of aryl methyl sites for hydroxylation is 1. The van der Waals surface area contributed by atoms with Crippen molar-refractivity contribution in [1.82, 2.24) is 4.98 Å². The van der Waals surface area contributed by atoms with Crippen LogP contribution in [0.25, 0.3) is 0 Å². The van der Waals surface area contributed by atoms with Gasteiger partial charge < -0.3 is 11.5 Å². The molecule has 100 valence electrons. The lowest BCUT2D eigenvalue weighted by molar-refractivity contribution is 0.602. The van der Waals surface area contributed by atoms with Crippen molar-refractivity contribution in [1.29, 1.82) is 0 Å². The molecular formula is C14H16FN3S. The van der Waals surface area contributed by atoms with E-state index in [1.54, 1.807) is 24.4 Å². The topological polar surface area (TPSA) is 64.9 Å². The molecule has 0 radical (unpaired) electrons. The lowest BCUT2D eigenvalue weighted by atomic mass is 10.1. The molecule has 0 aliphatic heterocycles. The molecular weight excluding hydrogens is 261 g/mol. The van der Waals surface area contributed by atoms with Crippen LogP contribution in [-0.2, 0) is 0 Å². The first kappa shape index (κ1) is 13.8. The molecule has 0 aliphatic carbocycles. The van der Waals surface area contributed by atoms with Crippen molar-refractivity contribution in [2.24, 2.45) is 5.73 Å².